The molecule has 2 N–H and O–H groups in total. The molecule has 0 amide bonds. The van der Waals surface area contributed by atoms with Gasteiger partial charge in [-0.05, 0) is 75.3 Å². The first-order valence-electron chi connectivity index (χ1n) is 12.9. The van der Waals surface area contributed by atoms with Crippen LogP contribution in [0.2, 0.25) is 0 Å². The molecule has 2 aliphatic rings. The second-order valence-electron chi connectivity index (χ2n) is 10.6. The van der Waals surface area contributed by atoms with E-state index in [9.17, 15) is 19.8 Å². The molecular formula is C30H40O6. The van der Waals surface area contributed by atoms with Crippen LogP contribution in [0, 0.1) is 24.7 Å². The van der Waals surface area contributed by atoms with Crippen molar-refractivity contribution in [1.29, 1.82) is 0 Å². The zero-order valence-electron chi connectivity index (χ0n) is 22.2. The lowest BCUT2D eigenvalue weighted by Gasteiger charge is -2.39. The van der Waals surface area contributed by atoms with Crippen LogP contribution in [0.5, 0.6) is 0 Å². The third kappa shape index (κ3) is 6.34. The van der Waals surface area contributed by atoms with Crippen molar-refractivity contribution in [3.05, 3.63) is 70.8 Å². The van der Waals surface area contributed by atoms with Crippen molar-refractivity contribution in [1.82, 2.24) is 0 Å². The van der Waals surface area contributed by atoms with Gasteiger partial charge in [0.05, 0.1) is 11.7 Å². The number of fused-ring (bicyclic) bond motifs is 1. The van der Waals surface area contributed by atoms with Gasteiger partial charge in [-0.15, -0.1) is 0 Å². The number of benzene rings is 1. The van der Waals surface area contributed by atoms with Gasteiger partial charge in [-0.25, -0.2) is 4.79 Å². The molecule has 1 aliphatic carbocycles. The van der Waals surface area contributed by atoms with Gasteiger partial charge in [0.15, 0.2) is 0 Å². The third-order valence-electron chi connectivity index (χ3n) is 7.60. The first kappa shape index (κ1) is 27.9. The van der Waals surface area contributed by atoms with Crippen molar-refractivity contribution in [3.63, 3.8) is 0 Å². The Labute approximate surface area is 214 Å². The number of esters is 2. The lowest BCUT2D eigenvalue weighted by molar-refractivity contribution is -0.158. The van der Waals surface area contributed by atoms with Crippen LogP contribution in [0.1, 0.15) is 69.8 Å². The summed E-state index contributed by atoms with van der Waals surface area (Å²) in [7, 11) is 0. The van der Waals surface area contributed by atoms with Crippen molar-refractivity contribution in [2.45, 2.75) is 84.7 Å². The van der Waals surface area contributed by atoms with Gasteiger partial charge in [0.25, 0.3) is 0 Å². The van der Waals surface area contributed by atoms with Gasteiger partial charge in [0, 0.05) is 18.3 Å². The molecule has 0 aromatic heterocycles. The number of rotatable bonds is 6. The Kier molecular flexibility index (Phi) is 8.96. The van der Waals surface area contributed by atoms with Gasteiger partial charge in [0.1, 0.15) is 17.8 Å². The highest BCUT2D eigenvalue weighted by Crippen LogP contribution is 2.39. The zero-order chi connectivity index (χ0) is 26.6. The van der Waals surface area contributed by atoms with Crippen molar-refractivity contribution in [3.8, 4) is 0 Å². The van der Waals surface area contributed by atoms with Gasteiger partial charge in [-0.2, -0.15) is 0 Å². The monoisotopic (exact) mass is 496 g/mol. The molecule has 1 heterocycles. The average molecular weight is 497 g/mol. The molecule has 0 radical (unpaired) electrons. The van der Waals surface area contributed by atoms with Crippen LogP contribution in [0.25, 0.3) is 0 Å². The van der Waals surface area contributed by atoms with Crippen LogP contribution in [-0.2, 0) is 14.3 Å². The number of aryl methyl sites for hydroxylation is 1. The Morgan fingerprint density at radius 2 is 1.92 bits per heavy atom. The largest absolute Gasteiger partial charge is 0.458 e. The van der Waals surface area contributed by atoms with E-state index in [2.05, 4.69) is 0 Å². The van der Waals surface area contributed by atoms with E-state index in [1.54, 1.807) is 26.0 Å². The van der Waals surface area contributed by atoms with Crippen LogP contribution < -0.4 is 0 Å². The zero-order valence-corrected chi connectivity index (χ0v) is 22.2. The molecule has 0 fully saturated rings. The molecule has 196 valence electrons. The van der Waals surface area contributed by atoms with E-state index in [0.717, 1.165) is 16.7 Å². The predicted octanol–water partition coefficient (Wildman–Crippen LogP) is 5.08. The molecule has 7 atom stereocenters. The highest BCUT2D eigenvalue weighted by atomic mass is 16.6. The van der Waals surface area contributed by atoms with Gasteiger partial charge >= 0.3 is 11.9 Å². The fourth-order valence-corrected chi connectivity index (χ4v) is 5.05. The number of cyclic esters (lactones) is 1. The third-order valence-corrected chi connectivity index (χ3v) is 7.60. The summed E-state index contributed by atoms with van der Waals surface area (Å²) in [5.41, 5.74) is 1.75. The van der Waals surface area contributed by atoms with Crippen LogP contribution in [0.4, 0.5) is 0 Å². The summed E-state index contributed by atoms with van der Waals surface area (Å²) in [6, 6.07) is 7.20. The maximum atomic E-state index is 12.8. The molecule has 6 nitrogen and oxygen atoms in total. The van der Waals surface area contributed by atoms with Gasteiger partial charge < -0.3 is 19.7 Å². The second-order valence-corrected chi connectivity index (χ2v) is 10.6. The summed E-state index contributed by atoms with van der Waals surface area (Å²) in [4.78, 5) is 25.6. The van der Waals surface area contributed by atoms with E-state index in [1.165, 1.54) is 0 Å². The Morgan fingerprint density at radius 3 is 2.58 bits per heavy atom. The number of aliphatic hydroxyl groups excluding tert-OH is 1. The summed E-state index contributed by atoms with van der Waals surface area (Å²) in [6.07, 6.45) is 7.11. The molecule has 6 heteroatoms. The van der Waals surface area contributed by atoms with E-state index in [4.69, 9.17) is 9.47 Å². The van der Waals surface area contributed by atoms with Crippen molar-refractivity contribution in [2.24, 2.45) is 17.8 Å². The van der Waals surface area contributed by atoms with Gasteiger partial charge in [0.2, 0.25) is 0 Å². The van der Waals surface area contributed by atoms with Gasteiger partial charge in [-0.1, -0.05) is 50.3 Å². The topological polar surface area (TPSA) is 93.1 Å². The molecule has 0 bridgehead atoms. The number of hydrogen-bond acceptors (Lipinski definition) is 6. The summed E-state index contributed by atoms with van der Waals surface area (Å²) in [5, 5.41) is 21.8. The lowest BCUT2D eigenvalue weighted by atomic mass is 9.72. The van der Waals surface area contributed by atoms with Crippen molar-refractivity contribution < 1.29 is 29.3 Å². The molecule has 3 rings (SSSR count). The second kappa shape index (κ2) is 11.6. The molecule has 0 saturated heterocycles. The Hall–Kier alpha value is -2.70. The van der Waals surface area contributed by atoms with Crippen molar-refractivity contribution in [2.75, 3.05) is 0 Å². The standard InChI is InChI=1S/C30H40O6/c1-18-9-7-8-10-26(18)29(33)35-23(6)28-20(3)15-21(4)30(34)17-24(16-19(2)22(5)31)11-12-25(30)13-14-27(32)36-28/h7-12,15,17,19-20,22-23,25,28,31,34H,13-14,16H2,1-6H3/b21-15+/t19-,20?,22?,23?,25?,28-,30?/m0/s1. The smallest absolute Gasteiger partial charge is 0.338 e. The molecule has 5 unspecified atom stereocenters. The number of ether oxygens (including phenoxy) is 2. The van der Waals surface area contributed by atoms with Crippen LogP contribution in [0.3, 0.4) is 0 Å². The number of allylic oxidation sites excluding steroid dienone is 2. The van der Waals surface area contributed by atoms with Gasteiger partial charge in [-0.3, -0.25) is 4.79 Å². The molecule has 1 aromatic rings. The fourth-order valence-electron chi connectivity index (χ4n) is 5.05. The summed E-state index contributed by atoms with van der Waals surface area (Å²) < 4.78 is 11.6. The summed E-state index contributed by atoms with van der Waals surface area (Å²) >= 11 is 0. The molecular weight excluding hydrogens is 456 g/mol. The average Bonchev–Trinajstić information content (AvgIpc) is 2.81. The Balaban J connectivity index is 1.87. The lowest BCUT2D eigenvalue weighted by Crippen LogP contribution is -2.42. The minimum Gasteiger partial charge on any atom is -0.458 e. The Morgan fingerprint density at radius 1 is 1.22 bits per heavy atom. The predicted molar refractivity (Wildman–Crippen MR) is 139 cm³/mol. The van der Waals surface area contributed by atoms with E-state index in [1.807, 2.05) is 64.1 Å². The van der Waals surface area contributed by atoms with Crippen LogP contribution in [0.15, 0.2) is 59.7 Å². The highest BCUT2D eigenvalue weighted by Gasteiger charge is 2.40. The van der Waals surface area contributed by atoms with E-state index in [0.29, 0.717) is 18.4 Å². The van der Waals surface area contributed by atoms with E-state index < -0.39 is 29.9 Å². The maximum Gasteiger partial charge on any atom is 0.338 e. The quantitative estimate of drug-likeness (QED) is 0.422. The Bertz CT molecular complexity index is 1050. The minimum absolute atomic E-state index is 0.0481. The molecule has 36 heavy (non-hydrogen) atoms. The first-order chi connectivity index (χ1) is 16.9. The van der Waals surface area contributed by atoms with Crippen molar-refractivity contribution >= 4 is 11.9 Å². The van der Waals surface area contributed by atoms with Crippen LogP contribution >= 0.6 is 0 Å². The maximum absolute atomic E-state index is 12.8. The molecule has 1 aliphatic heterocycles. The van der Waals surface area contributed by atoms with E-state index >= 15 is 0 Å². The summed E-state index contributed by atoms with van der Waals surface area (Å²) in [5.74, 6) is -1.38. The number of carbonyl (C=O) groups is 2. The summed E-state index contributed by atoms with van der Waals surface area (Å²) in [6.45, 7) is 11.1. The number of carbonyl (C=O) groups excluding carboxylic acids is 2. The normalized spacial score (nSPS) is 30.6. The minimum atomic E-state index is -1.25. The fraction of sp³-hybridized carbons (Fsp3) is 0.533. The number of hydrogen-bond donors (Lipinski definition) is 2. The molecule has 0 spiro atoms. The van der Waals surface area contributed by atoms with Crippen LogP contribution in [-0.4, -0.2) is 46.1 Å². The number of aliphatic hydroxyl groups is 2. The SMILES string of the molecule is C/C1=C\C(C)[C@@H](C(C)OC(=O)c2ccccc2C)OC(=O)CCC2C=CC(C[C@H](C)C(C)O)=CC12O. The highest BCUT2D eigenvalue weighted by molar-refractivity contribution is 5.91. The van der Waals surface area contributed by atoms with E-state index in [-0.39, 0.29) is 30.1 Å². The molecule has 0 saturated carbocycles. The molecule has 1 aromatic carbocycles. The first-order valence-corrected chi connectivity index (χ1v) is 12.9.